The van der Waals surface area contributed by atoms with Crippen LogP contribution < -0.4 is 5.48 Å². The Labute approximate surface area is 102 Å². The second-order valence-electron chi connectivity index (χ2n) is 4.74. The zero-order chi connectivity index (χ0) is 12.3. The molecule has 0 saturated heterocycles. The van der Waals surface area contributed by atoms with E-state index in [2.05, 4.69) is 13.0 Å². The van der Waals surface area contributed by atoms with Gasteiger partial charge in [0.1, 0.15) is 0 Å². The molecule has 0 unspecified atom stereocenters. The summed E-state index contributed by atoms with van der Waals surface area (Å²) in [5.74, 6) is -0.254. The van der Waals surface area contributed by atoms with Crippen LogP contribution in [0.15, 0.2) is 24.3 Å². The molecular formula is C14H19NO2. The first-order valence-corrected chi connectivity index (χ1v) is 6.27. The number of hydrogen-bond acceptors (Lipinski definition) is 2. The fraction of sp³-hybridized carbons (Fsp3) is 0.500. The van der Waals surface area contributed by atoms with E-state index in [4.69, 9.17) is 5.21 Å². The lowest BCUT2D eigenvalue weighted by Gasteiger charge is -2.29. The van der Waals surface area contributed by atoms with Crippen LogP contribution in [0.25, 0.3) is 0 Å². The zero-order valence-electron chi connectivity index (χ0n) is 10.2. The predicted octanol–water partition coefficient (Wildman–Crippen LogP) is 2.57. The second-order valence-corrected chi connectivity index (χ2v) is 4.74. The first-order chi connectivity index (χ1) is 8.24. The van der Waals surface area contributed by atoms with E-state index in [9.17, 15) is 4.79 Å². The molecule has 0 aromatic heterocycles. The van der Waals surface area contributed by atoms with E-state index in [-0.39, 0.29) is 5.91 Å². The quantitative estimate of drug-likeness (QED) is 0.622. The molecule has 1 aromatic carbocycles. The minimum absolute atomic E-state index is 0.254. The largest absolute Gasteiger partial charge is 0.289 e. The summed E-state index contributed by atoms with van der Waals surface area (Å²) in [4.78, 5) is 12.0. The lowest BCUT2D eigenvalue weighted by Crippen LogP contribution is -2.41. The molecule has 1 amide bonds. The average Bonchev–Trinajstić information content (AvgIpc) is 2.88. The number of rotatable bonds is 3. The van der Waals surface area contributed by atoms with Gasteiger partial charge in [-0.2, -0.15) is 0 Å². The Morgan fingerprint density at radius 1 is 1.35 bits per heavy atom. The van der Waals surface area contributed by atoms with Crippen LogP contribution in [-0.2, 0) is 16.6 Å². The number of carbonyl (C=O) groups is 1. The molecule has 17 heavy (non-hydrogen) atoms. The fourth-order valence-electron chi connectivity index (χ4n) is 3.00. The Kier molecular flexibility index (Phi) is 3.48. The van der Waals surface area contributed by atoms with Crippen molar-refractivity contribution in [2.24, 2.45) is 0 Å². The summed E-state index contributed by atoms with van der Waals surface area (Å²) >= 11 is 0. The topological polar surface area (TPSA) is 49.3 Å². The highest BCUT2D eigenvalue weighted by Crippen LogP contribution is 2.42. The molecule has 92 valence electrons. The summed E-state index contributed by atoms with van der Waals surface area (Å²) in [6.07, 6.45) is 4.67. The van der Waals surface area contributed by atoms with E-state index in [1.54, 1.807) is 0 Å². The van der Waals surface area contributed by atoms with Crippen molar-refractivity contribution in [1.82, 2.24) is 5.48 Å². The maximum absolute atomic E-state index is 12.0. The molecule has 0 spiro atoms. The summed E-state index contributed by atoms with van der Waals surface area (Å²) in [7, 11) is 0. The van der Waals surface area contributed by atoms with E-state index in [0.717, 1.165) is 37.7 Å². The minimum atomic E-state index is -0.513. The summed E-state index contributed by atoms with van der Waals surface area (Å²) < 4.78 is 0. The molecule has 0 heterocycles. The molecule has 1 aliphatic carbocycles. The van der Waals surface area contributed by atoms with Crippen LogP contribution in [0.5, 0.6) is 0 Å². The van der Waals surface area contributed by atoms with Crippen LogP contribution in [0, 0.1) is 0 Å². The number of nitrogens with one attached hydrogen (secondary N) is 1. The van der Waals surface area contributed by atoms with Gasteiger partial charge in [0.15, 0.2) is 0 Å². The van der Waals surface area contributed by atoms with Crippen LogP contribution in [0.4, 0.5) is 0 Å². The summed E-state index contributed by atoms with van der Waals surface area (Å²) in [5, 5.41) is 8.99. The number of amides is 1. The fourth-order valence-corrected chi connectivity index (χ4v) is 3.00. The van der Waals surface area contributed by atoms with Crippen molar-refractivity contribution in [2.45, 2.75) is 44.4 Å². The Hall–Kier alpha value is -1.35. The molecule has 1 aromatic rings. The van der Waals surface area contributed by atoms with Crippen LogP contribution >= 0.6 is 0 Å². The first kappa shape index (κ1) is 12.1. The van der Waals surface area contributed by atoms with Gasteiger partial charge in [0.25, 0.3) is 5.91 Å². The van der Waals surface area contributed by atoms with Gasteiger partial charge in [-0.3, -0.25) is 10.0 Å². The second kappa shape index (κ2) is 4.88. The Balaban J connectivity index is 2.49. The third-order valence-corrected chi connectivity index (χ3v) is 3.91. The molecule has 1 fully saturated rings. The molecule has 3 heteroatoms. The Morgan fingerprint density at radius 3 is 2.59 bits per heavy atom. The number of carbonyl (C=O) groups excluding carboxylic acids is 1. The van der Waals surface area contributed by atoms with Crippen molar-refractivity contribution in [3.8, 4) is 0 Å². The van der Waals surface area contributed by atoms with Gasteiger partial charge >= 0.3 is 0 Å². The lowest BCUT2D eigenvalue weighted by atomic mass is 9.75. The van der Waals surface area contributed by atoms with Crippen molar-refractivity contribution in [3.63, 3.8) is 0 Å². The van der Waals surface area contributed by atoms with Gasteiger partial charge in [-0.05, 0) is 30.4 Å². The third kappa shape index (κ3) is 1.95. The molecule has 0 radical (unpaired) electrons. The van der Waals surface area contributed by atoms with Gasteiger partial charge in [0.2, 0.25) is 0 Å². The van der Waals surface area contributed by atoms with Crippen LogP contribution in [0.1, 0.15) is 43.7 Å². The normalized spacial score (nSPS) is 18.0. The highest BCUT2D eigenvalue weighted by Gasteiger charge is 2.43. The molecule has 3 nitrogen and oxygen atoms in total. The van der Waals surface area contributed by atoms with Gasteiger partial charge in [0.05, 0.1) is 5.41 Å². The molecule has 0 aliphatic heterocycles. The van der Waals surface area contributed by atoms with E-state index >= 15 is 0 Å². The zero-order valence-corrected chi connectivity index (χ0v) is 10.2. The molecule has 2 N–H and O–H groups in total. The third-order valence-electron chi connectivity index (χ3n) is 3.91. The van der Waals surface area contributed by atoms with Gasteiger partial charge < -0.3 is 0 Å². The number of hydroxylamine groups is 1. The summed E-state index contributed by atoms with van der Waals surface area (Å²) in [5.41, 5.74) is 3.64. The van der Waals surface area contributed by atoms with Crippen molar-refractivity contribution in [3.05, 3.63) is 35.4 Å². The maximum Gasteiger partial charge on any atom is 0.253 e. The number of aryl methyl sites for hydroxylation is 1. The number of hydrogen-bond donors (Lipinski definition) is 2. The van der Waals surface area contributed by atoms with Crippen molar-refractivity contribution in [2.75, 3.05) is 0 Å². The van der Waals surface area contributed by atoms with Crippen LogP contribution in [0.3, 0.4) is 0 Å². The molecule has 1 aliphatic rings. The van der Waals surface area contributed by atoms with E-state index in [0.29, 0.717) is 0 Å². The minimum Gasteiger partial charge on any atom is -0.289 e. The van der Waals surface area contributed by atoms with Crippen molar-refractivity contribution < 1.29 is 10.0 Å². The first-order valence-electron chi connectivity index (χ1n) is 6.27. The van der Waals surface area contributed by atoms with E-state index in [1.807, 2.05) is 23.7 Å². The SMILES string of the molecule is CCc1ccccc1C1(C(=O)NO)CCCC1. The highest BCUT2D eigenvalue weighted by molar-refractivity contribution is 5.88. The summed E-state index contributed by atoms with van der Waals surface area (Å²) in [6.45, 7) is 2.10. The Bertz CT molecular complexity index is 408. The van der Waals surface area contributed by atoms with E-state index < -0.39 is 5.41 Å². The number of benzene rings is 1. The van der Waals surface area contributed by atoms with Gasteiger partial charge in [-0.1, -0.05) is 44.0 Å². The molecular weight excluding hydrogens is 214 g/mol. The van der Waals surface area contributed by atoms with Crippen LogP contribution in [-0.4, -0.2) is 11.1 Å². The molecule has 2 rings (SSSR count). The van der Waals surface area contributed by atoms with Crippen molar-refractivity contribution >= 4 is 5.91 Å². The monoisotopic (exact) mass is 233 g/mol. The van der Waals surface area contributed by atoms with Gasteiger partial charge in [-0.15, -0.1) is 0 Å². The molecule has 0 atom stereocenters. The average molecular weight is 233 g/mol. The molecule has 1 saturated carbocycles. The maximum atomic E-state index is 12.0. The lowest BCUT2D eigenvalue weighted by molar-refractivity contribution is -0.135. The van der Waals surface area contributed by atoms with E-state index in [1.165, 1.54) is 5.56 Å². The standard InChI is InChI=1S/C14H19NO2/c1-2-11-7-3-4-8-12(11)14(13(16)15-17)9-5-6-10-14/h3-4,7-8,17H,2,5-6,9-10H2,1H3,(H,15,16). The summed E-state index contributed by atoms with van der Waals surface area (Å²) in [6, 6.07) is 8.07. The van der Waals surface area contributed by atoms with Crippen molar-refractivity contribution in [1.29, 1.82) is 0 Å². The smallest absolute Gasteiger partial charge is 0.253 e. The predicted molar refractivity (Wildman–Crippen MR) is 65.9 cm³/mol. The molecule has 0 bridgehead atoms. The highest BCUT2D eigenvalue weighted by atomic mass is 16.5. The van der Waals surface area contributed by atoms with Gasteiger partial charge in [0, 0.05) is 0 Å². The Morgan fingerprint density at radius 2 is 2.00 bits per heavy atom. The van der Waals surface area contributed by atoms with Crippen LogP contribution in [0.2, 0.25) is 0 Å². The van der Waals surface area contributed by atoms with Gasteiger partial charge in [-0.25, -0.2) is 5.48 Å².